The van der Waals surface area contributed by atoms with Crippen molar-refractivity contribution in [3.8, 4) is 0 Å². The van der Waals surface area contributed by atoms with E-state index in [1.807, 2.05) is 0 Å². The molecule has 0 spiro atoms. The van der Waals surface area contributed by atoms with E-state index >= 15 is 0 Å². The molecule has 0 aromatic carbocycles. The molecule has 0 bridgehead atoms. The SMILES string of the molecule is CC(C)C1=CC[C@@]2(C)CCC[C@](C)(O)[C@@H]2C1. The molecule has 3 atom stereocenters. The molecule has 1 fully saturated rings. The molecule has 0 heterocycles. The van der Waals surface area contributed by atoms with E-state index in [2.05, 4.69) is 33.8 Å². The number of hydrogen-bond donors (Lipinski definition) is 1. The lowest BCUT2D eigenvalue weighted by atomic mass is 9.55. The van der Waals surface area contributed by atoms with Crippen LogP contribution in [0.4, 0.5) is 0 Å². The van der Waals surface area contributed by atoms with Crippen LogP contribution in [0.1, 0.15) is 59.8 Å². The molecule has 0 radical (unpaired) electrons. The summed E-state index contributed by atoms with van der Waals surface area (Å²) in [5.41, 5.74) is 1.46. The Kier molecular flexibility index (Phi) is 2.94. The van der Waals surface area contributed by atoms with E-state index in [0.717, 1.165) is 12.8 Å². The Morgan fingerprint density at radius 3 is 2.62 bits per heavy atom. The third-order valence-corrected chi connectivity index (χ3v) is 5.03. The molecule has 0 aromatic rings. The summed E-state index contributed by atoms with van der Waals surface area (Å²) < 4.78 is 0. The van der Waals surface area contributed by atoms with E-state index in [4.69, 9.17) is 0 Å². The highest BCUT2D eigenvalue weighted by molar-refractivity contribution is 5.17. The van der Waals surface area contributed by atoms with Crippen LogP contribution in [0.2, 0.25) is 0 Å². The quantitative estimate of drug-likeness (QED) is 0.667. The van der Waals surface area contributed by atoms with Crippen molar-refractivity contribution in [3.05, 3.63) is 11.6 Å². The van der Waals surface area contributed by atoms with Gasteiger partial charge in [-0.3, -0.25) is 0 Å². The third-order valence-electron chi connectivity index (χ3n) is 5.03. The Morgan fingerprint density at radius 1 is 1.31 bits per heavy atom. The lowest BCUT2D eigenvalue weighted by Crippen LogP contribution is -2.49. The highest BCUT2D eigenvalue weighted by atomic mass is 16.3. The molecule has 2 aliphatic rings. The zero-order valence-corrected chi connectivity index (χ0v) is 11.2. The zero-order valence-electron chi connectivity index (χ0n) is 11.2. The largest absolute Gasteiger partial charge is 0.390 e. The molecule has 1 saturated carbocycles. The standard InChI is InChI=1S/C15H26O/c1-11(2)12-6-9-14(3)7-5-8-15(4,16)13(14)10-12/h6,11,13,16H,5,7-10H2,1-4H3/t13-,14-,15+/m1/s1. The third kappa shape index (κ3) is 1.95. The molecule has 1 N–H and O–H groups in total. The van der Waals surface area contributed by atoms with Crippen LogP contribution in [0.15, 0.2) is 11.6 Å². The molecular formula is C15H26O. The second-order valence-corrected chi connectivity index (χ2v) is 6.76. The molecular weight excluding hydrogens is 196 g/mol. The molecule has 0 amide bonds. The van der Waals surface area contributed by atoms with Gasteiger partial charge in [-0.25, -0.2) is 0 Å². The number of allylic oxidation sites excluding steroid dienone is 2. The molecule has 0 aliphatic heterocycles. The topological polar surface area (TPSA) is 20.2 Å². The van der Waals surface area contributed by atoms with E-state index in [9.17, 15) is 5.11 Å². The van der Waals surface area contributed by atoms with Crippen molar-refractivity contribution >= 4 is 0 Å². The first-order valence-corrected chi connectivity index (χ1v) is 6.76. The average molecular weight is 222 g/mol. The first kappa shape index (κ1) is 12.2. The normalized spacial score (nSPS) is 44.1. The maximum atomic E-state index is 10.6. The summed E-state index contributed by atoms with van der Waals surface area (Å²) in [6.45, 7) is 8.97. The predicted octanol–water partition coefficient (Wildman–Crippen LogP) is 3.92. The van der Waals surface area contributed by atoms with Crippen molar-refractivity contribution in [1.29, 1.82) is 0 Å². The van der Waals surface area contributed by atoms with Crippen molar-refractivity contribution in [3.63, 3.8) is 0 Å². The minimum atomic E-state index is -0.443. The molecule has 92 valence electrons. The minimum absolute atomic E-state index is 0.347. The Labute approximate surface area is 99.9 Å². The minimum Gasteiger partial charge on any atom is -0.390 e. The fourth-order valence-electron chi connectivity index (χ4n) is 3.81. The van der Waals surface area contributed by atoms with Crippen LogP contribution in [0.3, 0.4) is 0 Å². The molecule has 0 aromatic heterocycles. The van der Waals surface area contributed by atoms with E-state index in [1.165, 1.54) is 19.3 Å². The van der Waals surface area contributed by atoms with Crippen LogP contribution in [0, 0.1) is 17.3 Å². The zero-order chi connectivity index (χ0) is 12.0. The Hall–Kier alpha value is -0.300. The average Bonchev–Trinajstić information content (AvgIpc) is 2.15. The van der Waals surface area contributed by atoms with Crippen LogP contribution >= 0.6 is 0 Å². The van der Waals surface area contributed by atoms with Crippen molar-refractivity contribution in [2.75, 3.05) is 0 Å². The molecule has 2 aliphatic carbocycles. The maximum absolute atomic E-state index is 10.6. The van der Waals surface area contributed by atoms with Crippen LogP contribution in [-0.2, 0) is 0 Å². The van der Waals surface area contributed by atoms with Gasteiger partial charge >= 0.3 is 0 Å². The van der Waals surface area contributed by atoms with Gasteiger partial charge in [0.05, 0.1) is 5.60 Å². The molecule has 1 nitrogen and oxygen atoms in total. The molecule has 16 heavy (non-hydrogen) atoms. The monoisotopic (exact) mass is 222 g/mol. The first-order chi connectivity index (χ1) is 7.35. The van der Waals surface area contributed by atoms with Gasteiger partial charge in [0.15, 0.2) is 0 Å². The van der Waals surface area contributed by atoms with E-state index < -0.39 is 5.60 Å². The Bertz CT molecular complexity index is 301. The smallest absolute Gasteiger partial charge is 0.0656 e. The van der Waals surface area contributed by atoms with Gasteiger partial charge in [-0.2, -0.15) is 0 Å². The molecule has 1 heteroatoms. The van der Waals surface area contributed by atoms with Gasteiger partial charge in [-0.05, 0) is 49.9 Å². The fourth-order valence-corrected chi connectivity index (χ4v) is 3.81. The summed E-state index contributed by atoms with van der Waals surface area (Å²) in [7, 11) is 0. The van der Waals surface area contributed by atoms with Crippen molar-refractivity contribution < 1.29 is 5.11 Å². The van der Waals surface area contributed by atoms with Gasteiger partial charge in [-0.15, -0.1) is 0 Å². The van der Waals surface area contributed by atoms with Gasteiger partial charge in [0.25, 0.3) is 0 Å². The molecule has 2 rings (SSSR count). The summed E-state index contributed by atoms with van der Waals surface area (Å²) in [4.78, 5) is 0. The Morgan fingerprint density at radius 2 is 2.00 bits per heavy atom. The van der Waals surface area contributed by atoms with Gasteiger partial charge in [-0.1, -0.05) is 38.8 Å². The van der Waals surface area contributed by atoms with Gasteiger partial charge in [0.1, 0.15) is 0 Å². The highest BCUT2D eigenvalue weighted by Gasteiger charge is 2.49. The van der Waals surface area contributed by atoms with Crippen molar-refractivity contribution in [2.24, 2.45) is 17.3 Å². The van der Waals surface area contributed by atoms with Gasteiger partial charge in [0, 0.05) is 0 Å². The Balaban J connectivity index is 2.27. The van der Waals surface area contributed by atoms with E-state index in [0.29, 0.717) is 17.3 Å². The summed E-state index contributed by atoms with van der Waals surface area (Å²) in [5.74, 6) is 1.11. The second-order valence-electron chi connectivity index (χ2n) is 6.76. The van der Waals surface area contributed by atoms with Crippen molar-refractivity contribution in [2.45, 2.75) is 65.4 Å². The first-order valence-electron chi connectivity index (χ1n) is 6.76. The number of aliphatic hydroxyl groups is 1. The summed E-state index contributed by atoms with van der Waals surface area (Å²) in [6, 6.07) is 0. The van der Waals surface area contributed by atoms with Gasteiger partial charge < -0.3 is 5.11 Å². The van der Waals surface area contributed by atoms with E-state index in [-0.39, 0.29) is 0 Å². The number of hydrogen-bond acceptors (Lipinski definition) is 1. The van der Waals surface area contributed by atoms with E-state index in [1.54, 1.807) is 5.57 Å². The lowest BCUT2D eigenvalue weighted by Gasteiger charge is -2.52. The van der Waals surface area contributed by atoms with Crippen molar-refractivity contribution in [1.82, 2.24) is 0 Å². The van der Waals surface area contributed by atoms with Crippen LogP contribution < -0.4 is 0 Å². The number of rotatable bonds is 1. The van der Waals surface area contributed by atoms with Crippen LogP contribution in [0.25, 0.3) is 0 Å². The predicted molar refractivity (Wildman–Crippen MR) is 68.2 cm³/mol. The summed E-state index contributed by atoms with van der Waals surface area (Å²) in [6.07, 6.45) is 8.18. The fraction of sp³-hybridized carbons (Fsp3) is 0.867. The molecule has 0 saturated heterocycles. The second kappa shape index (κ2) is 3.87. The van der Waals surface area contributed by atoms with Crippen LogP contribution in [-0.4, -0.2) is 10.7 Å². The lowest BCUT2D eigenvalue weighted by molar-refractivity contribution is -0.0980. The van der Waals surface area contributed by atoms with Crippen LogP contribution in [0.5, 0.6) is 0 Å². The van der Waals surface area contributed by atoms with Gasteiger partial charge in [0.2, 0.25) is 0 Å². The summed E-state index contributed by atoms with van der Waals surface area (Å²) >= 11 is 0. The number of fused-ring (bicyclic) bond motifs is 1. The molecule has 0 unspecified atom stereocenters. The maximum Gasteiger partial charge on any atom is 0.0656 e. The highest BCUT2D eigenvalue weighted by Crippen LogP contribution is 2.54. The summed E-state index contributed by atoms with van der Waals surface area (Å²) in [5, 5.41) is 10.6.